The van der Waals surface area contributed by atoms with Crippen molar-refractivity contribution in [2.75, 3.05) is 31.1 Å². The standard InChI is InChI=1S/C20H25N3O2S/c24-26(25)13-19-20(14-26)23(10-9-22(19)11-15-5-6-15)12-17-8-7-16-3-1-2-4-18(16)21-17/h1-4,7-8,15,19-20H,5-6,9-14H2/t19-,20+/m1/s1. The molecule has 26 heavy (non-hydrogen) atoms. The van der Waals surface area contributed by atoms with Gasteiger partial charge < -0.3 is 0 Å². The maximum Gasteiger partial charge on any atom is 0.153 e. The number of sulfone groups is 1. The number of aromatic nitrogens is 1. The van der Waals surface area contributed by atoms with E-state index in [0.717, 1.165) is 48.7 Å². The number of benzene rings is 1. The highest BCUT2D eigenvalue weighted by Crippen LogP contribution is 2.34. The molecule has 0 N–H and O–H groups in total. The van der Waals surface area contributed by atoms with Gasteiger partial charge in [0, 0.05) is 43.6 Å². The minimum Gasteiger partial charge on any atom is -0.296 e. The van der Waals surface area contributed by atoms with Crippen molar-refractivity contribution in [2.45, 2.75) is 31.5 Å². The van der Waals surface area contributed by atoms with Crippen molar-refractivity contribution in [1.82, 2.24) is 14.8 Å². The van der Waals surface area contributed by atoms with Crippen LogP contribution < -0.4 is 0 Å². The summed E-state index contributed by atoms with van der Waals surface area (Å²) in [5.74, 6) is 1.42. The minimum atomic E-state index is -2.94. The van der Waals surface area contributed by atoms with Crippen LogP contribution in [0.5, 0.6) is 0 Å². The molecule has 1 saturated carbocycles. The van der Waals surface area contributed by atoms with Gasteiger partial charge in [0.25, 0.3) is 0 Å². The van der Waals surface area contributed by atoms with Crippen LogP contribution in [0, 0.1) is 5.92 Å². The molecule has 2 aromatic rings. The number of rotatable bonds is 4. The van der Waals surface area contributed by atoms with E-state index in [9.17, 15) is 8.42 Å². The first-order valence-corrected chi connectivity index (χ1v) is 11.4. The molecule has 2 aliphatic heterocycles. The second-order valence-corrected chi connectivity index (χ2v) is 10.3. The van der Waals surface area contributed by atoms with Crippen molar-refractivity contribution in [3.05, 3.63) is 42.1 Å². The molecule has 0 amide bonds. The summed E-state index contributed by atoms with van der Waals surface area (Å²) in [5, 5.41) is 1.15. The molecule has 0 unspecified atom stereocenters. The molecule has 2 saturated heterocycles. The van der Waals surface area contributed by atoms with Crippen LogP contribution in [-0.2, 0) is 16.4 Å². The summed E-state index contributed by atoms with van der Waals surface area (Å²) in [5.41, 5.74) is 2.04. The predicted octanol–water partition coefficient (Wildman–Crippen LogP) is 1.93. The maximum atomic E-state index is 12.3. The molecule has 138 valence electrons. The van der Waals surface area contributed by atoms with Crippen LogP contribution >= 0.6 is 0 Å². The average molecular weight is 372 g/mol. The summed E-state index contributed by atoms with van der Waals surface area (Å²) < 4.78 is 24.7. The van der Waals surface area contributed by atoms with Gasteiger partial charge in [0.15, 0.2) is 9.84 Å². The summed E-state index contributed by atoms with van der Waals surface area (Å²) >= 11 is 0. The largest absolute Gasteiger partial charge is 0.296 e. The fourth-order valence-corrected chi connectivity index (χ4v) is 6.60. The number of nitrogens with zero attached hydrogens (tertiary/aromatic N) is 3. The van der Waals surface area contributed by atoms with Crippen LogP contribution in [0.2, 0.25) is 0 Å². The maximum absolute atomic E-state index is 12.3. The van der Waals surface area contributed by atoms with Crippen LogP contribution in [-0.4, -0.2) is 66.4 Å². The number of hydrogen-bond acceptors (Lipinski definition) is 5. The summed E-state index contributed by atoms with van der Waals surface area (Å²) in [6, 6.07) is 12.6. The lowest BCUT2D eigenvalue weighted by molar-refractivity contribution is 0.0370. The second-order valence-electron chi connectivity index (χ2n) is 8.12. The summed E-state index contributed by atoms with van der Waals surface area (Å²) in [6.07, 6.45) is 2.62. The Kier molecular flexibility index (Phi) is 4.03. The van der Waals surface area contributed by atoms with Crippen molar-refractivity contribution in [2.24, 2.45) is 5.92 Å². The van der Waals surface area contributed by atoms with Crippen molar-refractivity contribution >= 4 is 20.7 Å². The van der Waals surface area contributed by atoms with Gasteiger partial charge in [-0.25, -0.2) is 8.42 Å². The number of pyridine rings is 1. The van der Waals surface area contributed by atoms with E-state index >= 15 is 0 Å². The highest BCUT2D eigenvalue weighted by atomic mass is 32.2. The molecule has 3 fully saturated rings. The van der Waals surface area contributed by atoms with Crippen molar-refractivity contribution in [3.63, 3.8) is 0 Å². The van der Waals surface area contributed by atoms with Gasteiger partial charge in [-0.2, -0.15) is 0 Å². The number of para-hydroxylation sites is 1. The molecule has 0 bridgehead atoms. The van der Waals surface area contributed by atoms with E-state index in [2.05, 4.69) is 28.0 Å². The van der Waals surface area contributed by atoms with Crippen LogP contribution in [0.1, 0.15) is 18.5 Å². The number of piperazine rings is 1. The van der Waals surface area contributed by atoms with Gasteiger partial charge in [0.05, 0.1) is 22.7 Å². The Labute approximate surface area is 154 Å². The molecule has 1 aliphatic carbocycles. The summed E-state index contributed by atoms with van der Waals surface area (Å²) in [6.45, 7) is 3.72. The molecule has 2 atom stereocenters. The van der Waals surface area contributed by atoms with E-state index in [0.29, 0.717) is 11.5 Å². The Balaban J connectivity index is 1.38. The normalized spacial score (nSPS) is 29.1. The van der Waals surface area contributed by atoms with E-state index in [1.54, 1.807) is 0 Å². The molecule has 6 heteroatoms. The van der Waals surface area contributed by atoms with Gasteiger partial charge in [0.2, 0.25) is 0 Å². The Hall–Kier alpha value is -1.50. The van der Waals surface area contributed by atoms with E-state index in [1.807, 2.05) is 18.2 Å². The molecule has 5 rings (SSSR count). The third-order valence-electron chi connectivity index (χ3n) is 6.12. The lowest BCUT2D eigenvalue weighted by atomic mass is 10.0. The lowest BCUT2D eigenvalue weighted by Crippen LogP contribution is -2.59. The summed E-state index contributed by atoms with van der Waals surface area (Å²) in [4.78, 5) is 9.60. The van der Waals surface area contributed by atoms with E-state index in [-0.39, 0.29) is 12.1 Å². The van der Waals surface area contributed by atoms with Crippen LogP contribution in [0.3, 0.4) is 0 Å². The zero-order chi connectivity index (χ0) is 17.7. The molecule has 5 nitrogen and oxygen atoms in total. The molecular formula is C20H25N3O2S. The van der Waals surface area contributed by atoms with Crippen LogP contribution in [0.15, 0.2) is 36.4 Å². The SMILES string of the molecule is O=S1(=O)C[C@@H]2[C@H](C1)N(Cc1ccc3ccccc3n1)CCN2CC1CC1. The van der Waals surface area contributed by atoms with Crippen molar-refractivity contribution in [3.8, 4) is 0 Å². The van der Waals surface area contributed by atoms with E-state index in [1.165, 1.54) is 12.8 Å². The zero-order valence-corrected chi connectivity index (χ0v) is 15.7. The first-order chi connectivity index (χ1) is 12.6. The van der Waals surface area contributed by atoms with Gasteiger partial charge in [-0.05, 0) is 30.9 Å². The highest BCUT2D eigenvalue weighted by molar-refractivity contribution is 7.91. The summed E-state index contributed by atoms with van der Waals surface area (Å²) in [7, 11) is -2.94. The van der Waals surface area contributed by atoms with E-state index < -0.39 is 9.84 Å². The van der Waals surface area contributed by atoms with Crippen LogP contribution in [0.25, 0.3) is 10.9 Å². The minimum absolute atomic E-state index is 0.112. The Morgan fingerprint density at radius 1 is 0.962 bits per heavy atom. The van der Waals surface area contributed by atoms with Gasteiger partial charge >= 0.3 is 0 Å². The van der Waals surface area contributed by atoms with Crippen molar-refractivity contribution < 1.29 is 8.42 Å². The first-order valence-electron chi connectivity index (χ1n) is 9.61. The van der Waals surface area contributed by atoms with E-state index in [4.69, 9.17) is 4.98 Å². The Morgan fingerprint density at radius 3 is 2.50 bits per heavy atom. The number of fused-ring (bicyclic) bond motifs is 2. The average Bonchev–Trinajstić information content (AvgIpc) is 3.37. The fraction of sp³-hybridized carbons (Fsp3) is 0.550. The molecule has 1 aromatic heterocycles. The lowest BCUT2D eigenvalue weighted by Gasteiger charge is -2.44. The smallest absolute Gasteiger partial charge is 0.153 e. The molecular weight excluding hydrogens is 346 g/mol. The molecule has 0 radical (unpaired) electrons. The van der Waals surface area contributed by atoms with Gasteiger partial charge in [0.1, 0.15) is 0 Å². The molecule has 0 spiro atoms. The van der Waals surface area contributed by atoms with Crippen molar-refractivity contribution in [1.29, 1.82) is 0 Å². The zero-order valence-electron chi connectivity index (χ0n) is 14.9. The fourth-order valence-electron chi connectivity index (χ4n) is 4.56. The van der Waals surface area contributed by atoms with Gasteiger partial charge in [-0.15, -0.1) is 0 Å². The monoisotopic (exact) mass is 371 g/mol. The third kappa shape index (κ3) is 3.26. The third-order valence-corrected chi connectivity index (χ3v) is 7.82. The molecule has 1 aromatic carbocycles. The van der Waals surface area contributed by atoms with Gasteiger partial charge in [-0.3, -0.25) is 14.8 Å². The first kappa shape index (κ1) is 16.7. The quantitative estimate of drug-likeness (QED) is 0.822. The highest BCUT2D eigenvalue weighted by Gasteiger charge is 2.47. The Morgan fingerprint density at radius 2 is 1.69 bits per heavy atom. The van der Waals surface area contributed by atoms with Crippen LogP contribution in [0.4, 0.5) is 0 Å². The molecule has 3 aliphatic rings. The topological polar surface area (TPSA) is 53.5 Å². The molecule has 3 heterocycles. The second kappa shape index (κ2) is 6.29. The van der Waals surface area contributed by atoms with Gasteiger partial charge in [-0.1, -0.05) is 24.3 Å². The Bertz CT molecular complexity index is 926. The number of hydrogen-bond donors (Lipinski definition) is 0. The predicted molar refractivity (Wildman–Crippen MR) is 103 cm³/mol.